The van der Waals surface area contributed by atoms with Crippen LogP contribution in [0.2, 0.25) is 0 Å². The zero-order valence-electron chi connectivity index (χ0n) is 31.2. The van der Waals surface area contributed by atoms with Crippen LogP contribution in [0.15, 0.2) is 207 Å². The Morgan fingerprint density at radius 3 is 1.90 bits per heavy atom. The van der Waals surface area contributed by atoms with Crippen LogP contribution in [-0.4, -0.2) is 11.7 Å². The monoisotopic (exact) mass is 743 g/mol. The van der Waals surface area contributed by atoms with Gasteiger partial charge >= 0.3 is 0 Å². The molecule has 12 rings (SSSR count). The quantitative estimate of drug-likeness (QED) is 0.191. The summed E-state index contributed by atoms with van der Waals surface area (Å²) in [6.07, 6.45) is -0.477. The fourth-order valence-electron chi connectivity index (χ4n) is 8.57. The minimum atomic E-state index is -0.477. The number of fused-ring (bicyclic) bond motifs is 8. The van der Waals surface area contributed by atoms with Gasteiger partial charge in [-0.3, -0.25) is 0 Å². The molecule has 2 aromatic heterocycles. The van der Waals surface area contributed by atoms with Gasteiger partial charge in [-0.1, -0.05) is 133 Å². The van der Waals surface area contributed by atoms with Crippen molar-refractivity contribution in [1.82, 2.24) is 5.32 Å². The van der Waals surface area contributed by atoms with E-state index >= 15 is 0 Å². The van der Waals surface area contributed by atoms with Crippen molar-refractivity contribution < 1.29 is 8.83 Å². The van der Waals surface area contributed by atoms with E-state index in [9.17, 15) is 0 Å². The molecule has 0 saturated carbocycles. The third kappa shape index (κ3) is 5.40. The van der Waals surface area contributed by atoms with E-state index in [1.54, 1.807) is 0 Å². The van der Waals surface area contributed by atoms with Crippen molar-refractivity contribution in [2.24, 2.45) is 9.98 Å². The molecular formula is C53H33N3O2. The maximum Gasteiger partial charge on any atom is 0.169 e. The van der Waals surface area contributed by atoms with Crippen LogP contribution in [0.25, 0.3) is 87.7 Å². The van der Waals surface area contributed by atoms with Gasteiger partial charge in [0.25, 0.3) is 0 Å². The van der Waals surface area contributed by atoms with Gasteiger partial charge in [0.15, 0.2) is 6.17 Å². The number of aliphatic imine (C=N–C) groups is 2. The van der Waals surface area contributed by atoms with Crippen LogP contribution in [0.1, 0.15) is 22.9 Å². The molecule has 0 spiro atoms. The highest BCUT2D eigenvalue weighted by molar-refractivity contribution is 6.18. The van der Waals surface area contributed by atoms with Crippen molar-refractivity contribution in [3.63, 3.8) is 0 Å². The molecule has 1 atom stereocenters. The van der Waals surface area contributed by atoms with Crippen molar-refractivity contribution in [1.29, 1.82) is 0 Å². The summed E-state index contributed by atoms with van der Waals surface area (Å²) in [6, 6.07) is 65.9. The van der Waals surface area contributed by atoms with Crippen LogP contribution in [0.3, 0.4) is 0 Å². The summed E-state index contributed by atoms with van der Waals surface area (Å²) in [5.74, 6) is 1.51. The molecule has 1 aliphatic heterocycles. The summed E-state index contributed by atoms with van der Waals surface area (Å²) in [7, 11) is 0. The normalized spacial score (nSPS) is 14.4. The van der Waals surface area contributed by atoms with Gasteiger partial charge in [-0.25, -0.2) is 9.98 Å². The van der Waals surface area contributed by atoms with E-state index in [0.717, 1.165) is 105 Å². The number of rotatable bonds is 5. The second-order valence-corrected chi connectivity index (χ2v) is 15.0. The summed E-state index contributed by atoms with van der Waals surface area (Å²) < 4.78 is 12.7. The third-order valence-electron chi connectivity index (χ3n) is 11.5. The first-order chi connectivity index (χ1) is 28.7. The van der Waals surface area contributed by atoms with Crippen molar-refractivity contribution in [3.05, 3.63) is 205 Å². The SMILES string of the molecule is c1ccc(-c2ccc3oc4cccc(-c5ccc6ccc(C7N=C(c8ccc9ccccc9c8)NC(c8ccc9c(c8)oc8ccccc89)=N7)cc6c5)c4c3c2)cc1. The van der Waals surface area contributed by atoms with Gasteiger partial charge in [0.05, 0.1) is 0 Å². The van der Waals surface area contributed by atoms with E-state index in [2.05, 4.69) is 169 Å². The minimum Gasteiger partial charge on any atom is -0.456 e. The lowest BCUT2D eigenvalue weighted by molar-refractivity contribution is 0.668. The Bertz CT molecular complexity index is 3500. The van der Waals surface area contributed by atoms with E-state index in [0.29, 0.717) is 0 Å². The Hall–Kier alpha value is -7.76. The number of amidine groups is 2. The average Bonchev–Trinajstić information content (AvgIpc) is 3.86. The van der Waals surface area contributed by atoms with E-state index in [1.165, 1.54) is 10.9 Å². The second-order valence-electron chi connectivity index (χ2n) is 15.0. The lowest BCUT2D eigenvalue weighted by atomic mass is 9.95. The molecule has 9 aromatic carbocycles. The molecule has 0 bridgehead atoms. The zero-order chi connectivity index (χ0) is 38.2. The number of benzene rings is 9. The first-order valence-corrected chi connectivity index (χ1v) is 19.6. The van der Waals surface area contributed by atoms with Crippen molar-refractivity contribution in [2.45, 2.75) is 6.17 Å². The Labute approximate surface area is 333 Å². The molecular weight excluding hydrogens is 711 g/mol. The Morgan fingerprint density at radius 2 is 1.00 bits per heavy atom. The predicted octanol–water partition coefficient (Wildman–Crippen LogP) is 13.6. The topological polar surface area (TPSA) is 63.0 Å². The highest BCUT2D eigenvalue weighted by Gasteiger charge is 2.23. The number of nitrogens with zero attached hydrogens (tertiary/aromatic N) is 2. The van der Waals surface area contributed by atoms with Crippen molar-refractivity contribution in [3.8, 4) is 22.3 Å². The van der Waals surface area contributed by atoms with Gasteiger partial charge in [0, 0.05) is 32.7 Å². The van der Waals surface area contributed by atoms with Gasteiger partial charge in [-0.2, -0.15) is 0 Å². The summed E-state index contributed by atoms with van der Waals surface area (Å²) in [6.45, 7) is 0. The van der Waals surface area contributed by atoms with Crippen LogP contribution in [0.5, 0.6) is 0 Å². The molecule has 1 aliphatic rings. The van der Waals surface area contributed by atoms with Crippen LogP contribution in [0.4, 0.5) is 0 Å². The zero-order valence-corrected chi connectivity index (χ0v) is 31.2. The predicted molar refractivity (Wildman–Crippen MR) is 239 cm³/mol. The molecule has 0 aliphatic carbocycles. The summed E-state index contributed by atoms with van der Waals surface area (Å²) >= 11 is 0. The molecule has 1 unspecified atom stereocenters. The molecule has 3 heterocycles. The smallest absolute Gasteiger partial charge is 0.169 e. The first kappa shape index (κ1) is 32.5. The molecule has 0 radical (unpaired) electrons. The average molecular weight is 744 g/mol. The van der Waals surface area contributed by atoms with Gasteiger partial charge < -0.3 is 14.2 Å². The molecule has 0 amide bonds. The summed E-state index contributed by atoms with van der Waals surface area (Å²) in [5.41, 5.74) is 11.0. The maximum absolute atomic E-state index is 6.41. The van der Waals surface area contributed by atoms with Crippen molar-refractivity contribution >= 4 is 77.1 Å². The van der Waals surface area contributed by atoms with Gasteiger partial charge in [-0.05, 0) is 104 Å². The Balaban J connectivity index is 0.980. The largest absolute Gasteiger partial charge is 0.456 e. The minimum absolute atomic E-state index is 0.477. The number of furan rings is 2. The van der Waals surface area contributed by atoms with E-state index in [4.69, 9.17) is 18.8 Å². The number of para-hydroxylation sites is 1. The Morgan fingerprint density at radius 1 is 0.362 bits per heavy atom. The molecule has 272 valence electrons. The van der Waals surface area contributed by atoms with E-state index in [1.807, 2.05) is 24.3 Å². The molecule has 0 fully saturated rings. The molecule has 1 N–H and O–H groups in total. The number of hydrogen-bond acceptors (Lipinski definition) is 5. The number of hydrogen-bond donors (Lipinski definition) is 1. The van der Waals surface area contributed by atoms with Gasteiger partial charge in [0.1, 0.15) is 34.0 Å². The molecule has 0 saturated heterocycles. The number of nitrogens with one attached hydrogen (secondary N) is 1. The standard InChI is InChI=1S/C53H33N3O2/c1-2-9-32(10-3-1)36-24-26-47-45(30-36)50-42(14-8-16-48(50)57-47)37-20-17-34-19-22-39(29-41(34)28-37)52-54-51(38-21-18-33-11-4-5-12-35(33)27-38)55-53(56-52)40-23-25-44-43-13-6-7-15-46(43)58-49(44)31-40/h1-31,52H,(H,54,55,56). The molecule has 5 nitrogen and oxygen atoms in total. The lowest BCUT2D eigenvalue weighted by Gasteiger charge is -2.23. The van der Waals surface area contributed by atoms with Gasteiger partial charge in [-0.15, -0.1) is 0 Å². The highest BCUT2D eigenvalue weighted by atomic mass is 16.3. The Kier molecular flexibility index (Phi) is 7.23. The van der Waals surface area contributed by atoms with E-state index < -0.39 is 6.17 Å². The van der Waals surface area contributed by atoms with Crippen LogP contribution in [0, 0.1) is 0 Å². The second kappa shape index (κ2) is 12.9. The lowest BCUT2D eigenvalue weighted by Crippen LogP contribution is -2.36. The van der Waals surface area contributed by atoms with Crippen LogP contribution in [-0.2, 0) is 0 Å². The summed E-state index contributed by atoms with van der Waals surface area (Å²) in [5, 5.41) is 12.6. The fraction of sp³-hybridized carbons (Fsp3) is 0.0189. The van der Waals surface area contributed by atoms with Crippen molar-refractivity contribution in [2.75, 3.05) is 0 Å². The highest BCUT2D eigenvalue weighted by Crippen LogP contribution is 2.40. The maximum atomic E-state index is 6.41. The van der Waals surface area contributed by atoms with Gasteiger partial charge in [0.2, 0.25) is 0 Å². The third-order valence-corrected chi connectivity index (χ3v) is 11.5. The van der Waals surface area contributed by atoms with E-state index in [-0.39, 0.29) is 0 Å². The molecule has 5 heteroatoms. The molecule has 11 aromatic rings. The van der Waals surface area contributed by atoms with Crippen LogP contribution >= 0.6 is 0 Å². The summed E-state index contributed by atoms with van der Waals surface area (Å²) in [4.78, 5) is 10.5. The van der Waals surface area contributed by atoms with Crippen LogP contribution < -0.4 is 5.32 Å². The first-order valence-electron chi connectivity index (χ1n) is 19.6. The fourth-order valence-corrected chi connectivity index (χ4v) is 8.57. The molecule has 58 heavy (non-hydrogen) atoms.